The Balaban J connectivity index is 1.92. The third-order valence-electron chi connectivity index (χ3n) is 2.09. The van der Waals surface area contributed by atoms with Crippen LogP contribution in [0.15, 0.2) is 24.4 Å². The van der Waals surface area contributed by atoms with E-state index >= 15 is 0 Å². The van der Waals surface area contributed by atoms with Crippen molar-refractivity contribution in [2.75, 3.05) is 0 Å². The average molecular weight is 177 g/mol. The number of hydrogen-bond donors (Lipinski definition) is 2. The van der Waals surface area contributed by atoms with E-state index in [0.717, 1.165) is 12.8 Å². The van der Waals surface area contributed by atoms with Gasteiger partial charge in [-0.05, 0) is 18.9 Å². The number of aromatic amines is 1. The molecule has 13 heavy (non-hydrogen) atoms. The zero-order chi connectivity index (χ0) is 9.10. The minimum absolute atomic E-state index is 0.0776. The molecule has 1 aromatic heterocycles. The van der Waals surface area contributed by atoms with Crippen molar-refractivity contribution in [3.05, 3.63) is 30.1 Å². The highest BCUT2D eigenvalue weighted by atomic mass is 16.2. The molecule has 1 amide bonds. The van der Waals surface area contributed by atoms with Gasteiger partial charge in [-0.15, -0.1) is 0 Å². The first-order chi connectivity index (χ1) is 6.36. The predicted octanol–water partition coefficient (Wildman–Crippen LogP) is 0.858. The molecule has 0 bridgehead atoms. The third-order valence-corrected chi connectivity index (χ3v) is 2.09. The van der Waals surface area contributed by atoms with Gasteiger partial charge in [0.05, 0.1) is 0 Å². The summed E-state index contributed by atoms with van der Waals surface area (Å²) >= 11 is 0. The summed E-state index contributed by atoms with van der Waals surface area (Å²) in [5.74, 6) is -0.0776. The Morgan fingerprint density at radius 3 is 2.92 bits per heavy atom. The van der Waals surface area contributed by atoms with Gasteiger partial charge in [0, 0.05) is 12.2 Å². The maximum atomic E-state index is 11.5. The minimum atomic E-state index is -0.0776. The molecule has 1 aliphatic carbocycles. The van der Waals surface area contributed by atoms with Crippen molar-refractivity contribution < 1.29 is 4.79 Å². The summed E-state index contributed by atoms with van der Waals surface area (Å²) in [6, 6.07) is 1.92. The monoisotopic (exact) mass is 177 g/mol. The molecule has 0 saturated carbocycles. The topological polar surface area (TPSA) is 57.8 Å². The lowest BCUT2D eigenvalue weighted by atomic mass is 10.2. The number of carbonyl (C=O) groups excluding carboxylic acids is 1. The van der Waals surface area contributed by atoms with Crippen LogP contribution in [0.4, 0.5) is 0 Å². The van der Waals surface area contributed by atoms with E-state index in [-0.39, 0.29) is 11.9 Å². The van der Waals surface area contributed by atoms with Gasteiger partial charge in [0.1, 0.15) is 5.69 Å². The van der Waals surface area contributed by atoms with Crippen LogP contribution in [-0.4, -0.2) is 22.1 Å². The number of amides is 1. The lowest BCUT2D eigenvalue weighted by Crippen LogP contribution is -2.33. The molecule has 4 heteroatoms. The van der Waals surface area contributed by atoms with Crippen LogP contribution in [0.3, 0.4) is 0 Å². The van der Waals surface area contributed by atoms with E-state index < -0.39 is 0 Å². The third kappa shape index (κ3) is 1.77. The van der Waals surface area contributed by atoms with Gasteiger partial charge in [0.15, 0.2) is 0 Å². The van der Waals surface area contributed by atoms with Crippen LogP contribution in [0.2, 0.25) is 0 Å². The zero-order valence-corrected chi connectivity index (χ0v) is 7.16. The normalized spacial score (nSPS) is 16.3. The number of nitrogens with zero attached hydrogens (tertiary/aromatic N) is 1. The van der Waals surface area contributed by atoms with Gasteiger partial charge >= 0.3 is 0 Å². The lowest BCUT2D eigenvalue weighted by Gasteiger charge is -2.10. The average Bonchev–Trinajstić information content (AvgIpc) is 2.74. The molecule has 0 saturated heterocycles. The molecule has 4 nitrogen and oxygen atoms in total. The fourth-order valence-corrected chi connectivity index (χ4v) is 1.38. The molecule has 0 aliphatic heterocycles. The van der Waals surface area contributed by atoms with Crippen LogP contribution in [0.5, 0.6) is 0 Å². The van der Waals surface area contributed by atoms with Crippen molar-refractivity contribution >= 4 is 5.91 Å². The highest BCUT2D eigenvalue weighted by molar-refractivity contribution is 5.92. The number of carbonyl (C=O) groups is 1. The molecule has 1 aliphatic rings. The SMILES string of the molecule is O=C(NC1CC=CC1)c1ccn[nH]1. The van der Waals surface area contributed by atoms with Gasteiger partial charge in [0.25, 0.3) is 5.91 Å². The Bertz CT molecular complexity index is 308. The lowest BCUT2D eigenvalue weighted by molar-refractivity contribution is 0.0934. The van der Waals surface area contributed by atoms with E-state index in [9.17, 15) is 4.79 Å². The van der Waals surface area contributed by atoms with Gasteiger partial charge in [0.2, 0.25) is 0 Å². The van der Waals surface area contributed by atoms with E-state index in [4.69, 9.17) is 0 Å². The molecule has 1 aromatic rings. The predicted molar refractivity (Wildman–Crippen MR) is 48.2 cm³/mol. The molecular formula is C9H11N3O. The zero-order valence-electron chi connectivity index (χ0n) is 7.16. The minimum Gasteiger partial charge on any atom is -0.347 e. The second-order valence-electron chi connectivity index (χ2n) is 3.08. The summed E-state index contributed by atoms with van der Waals surface area (Å²) in [5, 5.41) is 9.25. The quantitative estimate of drug-likeness (QED) is 0.658. The molecule has 0 unspecified atom stereocenters. The molecular weight excluding hydrogens is 166 g/mol. The van der Waals surface area contributed by atoms with Crippen LogP contribution in [0.25, 0.3) is 0 Å². The van der Waals surface area contributed by atoms with Gasteiger partial charge in [-0.2, -0.15) is 5.10 Å². The van der Waals surface area contributed by atoms with Gasteiger partial charge in [-0.25, -0.2) is 0 Å². The number of aromatic nitrogens is 2. The fourth-order valence-electron chi connectivity index (χ4n) is 1.38. The molecule has 0 aromatic carbocycles. The summed E-state index contributed by atoms with van der Waals surface area (Å²) in [5.41, 5.74) is 0.520. The van der Waals surface area contributed by atoms with Crippen molar-refractivity contribution in [2.45, 2.75) is 18.9 Å². The Kier molecular flexibility index (Phi) is 2.12. The molecule has 0 radical (unpaired) electrons. The van der Waals surface area contributed by atoms with Gasteiger partial charge in [-0.1, -0.05) is 12.2 Å². The van der Waals surface area contributed by atoms with Crippen molar-refractivity contribution in [1.82, 2.24) is 15.5 Å². The molecule has 1 heterocycles. The largest absolute Gasteiger partial charge is 0.347 e. The number of H-pyrrole nitrogens is 1. The first-order valence-corrected chi connectivity index (χ1v) is 4.31. The Morgan fingerprint density at radius 1 is 1.54 bits per heavy atom. The maximum Gasteiger partial charge on any atom is 0.269 e. The second kappa shape index (κ2) is 3.43. The molecule has 0 fully saturated rings. The van der Waals surface area contributed by atoms with Crippen molar-refractivity contribution in [2.24, 2.45) is 0 Å². The Morgan fingerprint density at radius 2 is 2.31 bits per heavy atom. The van der Waals surface area contributed by atoms with E-state index in [1.54, 1.807) is 12.3 Å². The number of nitrogens with one attached hydrogen (secondary N) is 2. The summed E-state index contributed by atoms with van der Waals surface area (Å²) in [7, 11) is 0. The first kappa shape index (κ1) is 8.04. The summed E-state index contributed by atoms with van der Waals surface area (Å²) in [6.07, 6.45) is 7.59. The molecule has 0 spiro atoms. The summed E-state index contributed by atoms with van der Waals surface area (Å²) in [6.45, 7) is 0. The van der Waals surface area contributed by atoms with Gasteiger partial charge in [-0.3, -0.25) is 9.89 Å². The standard InChI is InChI=1S/C9H11N3O/c13-9(8-5-6-10-12-8)11-7-3-1-2-4-7/h1-2,5-7H,3-4H2,(H,10,12)(H,11,13). The van der Waals surface area contributed by atoms with E-state index in [0.29, 0.717) is 5.69 Å². The fraction of sp³-hybridized carbons (Fsp3) is 0.333. The molecule has 68 valence electrons. The maximum absolute atomic E-state index is 11.5. The van der Waals surface area contributed by atoms with Crippen LogP contribution in [0, 0.1) is 0 Å². The van der Waals surface area contributed by atoms with Crippen molar-refractivity contribution in [3.63, 3.8) is 0 Å². The Hall–Kier alpha value is -1.58. The highest BCUT2D eigenvalue weighted by Crippen LogP contribution is 2.09. The smallest absolute Gasteiger partial charge is 0.269 e. The highest BCUT2D eigenvalue weighted by Gasteiger charge is 2.14. The van der Waals surface area contributed by atoms with Crippen LogP contribution in [-0.2, 0) is 0 Å². The Labute approximate surface area is 76.0 Å². The number of hydrogen-bond acceptors (Lipinski definition) is 2. The molecule has 0 atom stereocenters. The van der Waals surface area contributed by atoms with Crippen LogP contribution in [0.1, 0.15) is 23.3 Å². The number of rotatable bonds is 2. The van der Waals surface area contributed by atoms with Crippen LogP contribution >= 0.6 is 0 Å². The van der Waals surface area contributed by atoms with Crippen molar-refractivity contribution in [3.8, 4) is 0 Å². The van der Waals surface area contributed by atoms with Crippen molar-refractivity contribution in [1.29, 1.82) is 0 Å². The van der Waals surface area contributed by atoms with Crippen LogP contribution < -0.4 is 5.32 Å². The van der Waals surface area contributed by atoms with E-state index in [1.165, 1.54) is 0 Å². The summed E-state index contributed by atoms with van der Waals surface area (Å²) in [4.78, 5) is 11.5. The van der Waals surface area contributed by atoms with E-state index in [1.807, 2.05) is 0 Å². The second-order valence-corrected chi connectivity index (χ2v) is 3.08. The first-order valence-electron chi connectivity index (χ1n) is 4.31. The molecule has 2 rings (SSSR count). The molecule has 2 N–H and O–H groups in total. The summed E-state index contributed by atoms with van der Waals surface area (Å²) < 4.78 is 0. The van der Waals surface area contributed by atoms with E-state index in [2.05, 4.69) is 27.7 Å². The van der Waals surface area contributed by atoms with Gasteiger partial charge < -0.3 is 5.32 Å².